The Labute approximate surface area is 169 Å². The molecule has 0 aliphatic heterocycles. The number of carbonyl (C=O) groups excluding carboxylic acids is 3. The molecular weight excluding hydrogens is 396 g/mol. The van der Waals surface area contributed by atoms with Crippen LogP contribution in [-0.4, -0.2) is 38.7 Å². The third kappa shape index (κ3) is 6.51. The average Bonchev–Trinajstić information content (AvgIpc) is 2.66. The molecule has 29 heavy (non-hydrogen) atoms. The van der Waals surface area contributed by atoms with E-state index in [0.717, 1.165) is 5.56 Å². The molecule has 0 saturated carbocycles. The molecule has 1 unspecified atom stereocenters. The molecule has 2 rings (SSSR count). The van der Waals surface area contributed by atoms with E-state index in [2.05, 4.69) is 10.0 Å². The third-order valence-corrected chi connectivity index (χ3v) is 5.32. The summed E-state index contributed by atoms with van der Waals surface area (Å²) in [6, 6.07) is 12.3. The van der Waals surface area contributed by atoms with Gasteiger partial charge in [-0.1, -0.05) is 29.8 Å². The number of esters is 1. The smallest absolute Gasteiger partial charge is 0.321 e. The molecule has 1 amide bonds. The number of ketones is 1. The van der Waals surface area contributed by atoms with E-state index < -0.39 is 28.6 Å². The highest BCUT2D eigenvalue weighted by Gasteiger charge is 2.21. The second-order valence-electron chi connectivity index (χ2n) is 6.39. The number of amides is 1. The summed E-state index contributed by atoms with van der Waals surface area (Å²) >= 11 is 0. The Kier molecular flexibility index (Phi) is 7.24. The zero-order valence-electron chi connectivity index (χ0n) is 16.3. The molecule has 0 saturated heterocycles. The number of ether oxygens (including phenoxy) is 1. The number of carbonyl (C=O) groups is 3. The van der Waals surface area contributed by atoms with Gasteiger partial charge in [0, 0.05) is 18.2 Å². The van der Waals surface area contributed by atoms with Crippen molar-refractivity contribution in [1.82, 2.24) is 4.72 Å². The van der Waals surface area contributed by atoms with Crippen LogP contribution in [0.4, 0.5) is 5.69 Å². The van der Waals surface area contributed by atoms with E-state index in [4.69, 9.17) is 4.74 Å². The molecule has 2 aromatic carbocycles. The maximum absolute atomic E-state index is 12.3. The average molecular weight is 418 g/mol. The summed E-state index contributed by atoms with van der Waals surface area (Å²) in [4.78, 5) is 35.1. The van der Waals surface area contributed by atoms with E-state index in [1.165, 1.54) is 38.1 Å². The Morgan fingerprint density at radius 2 is 1.59 bits per heavy atom. The predicted molar refractivity (Wildman–Crippen MR) is 107 cm³/mol. The van der Waals surface area contributed by atoms with Crippen molar-refractivity contribution in [2.75, 3.05) is 11.9 Å². The Morgan fingerprint density at radius 1 is 1.00 bits per heavy atom. The van der Waals surface area contributed by atoms with Gasteiger partial charge in [-0.15, -0.1) is 0 Å². The van der Waals surface area contributed by atoms with Gasteiger partial charge in [0.25, 0.3) is 0 Å². The zero-order chi connectivity index (χ0) is 21.6. The van der Waals surface area contributed by atoms with Gasteiger partial charge < -0.3 is 10.1 Å². The molecule has 0 heterocycles. The van der Waals surface area contributed by atoms with Crippen LogP contribution in [0.2, 0.25) is 0 Å². The molecule has 2 aromatic rings. The normalized spacial score (nSPS) is 12.1. The van der Waals surface area contributed by atoms with Crippen LogP contribution in [0, 0.1) is 6.92 Å². The summed E-state index contributed by atoms with van der Waals surface area (Å²) in [5, 5.41) is 2.52. The van der Waals surface area contributed by atoms with Gasteiger partial charge in [0.15, 0.2) is 6.10 Å². The number of rotatable bonds is 8. The number of anilines is 1. The number of aryl methyl sites for hydroxylation is 1. The van der Waals surface area contributed by atoms with Crippen LogP contribution in [-0.2, 0) is 24.3 Å². The van der Waals surface area contributed by atoms with Gasteiger partial charge in [0.1, 0.15) is 6.54 Å². The molecule has 1 atom stereocenters. The lowest BCUT2D eigenvalue weighted by atomic mass is 10.1. The molecule has 0 aliphatic carbocycles. The summed E-state index contributed by atoms with van der Waals surface area (Å²) < 4.78 is 31.7. The number of nitrogens with one attached hydrogen (secondary N) is 2. The molecule has 0 bridgehead atoms. The molecule has 0 fully saturated rings. The van der Waals surface area contributed by atoms with E-state index in [-0.39, 0.29) is 16.6 Å². The van der Waals surface area contributed by atoms with E-state index in [9.17, 15) is 22.8 Å². The zero-order valence-corrected chi connectivity index (χ0v) is 17.1. The molecule has 0 spiro atoms. The van der Waals surface area contributed by atoms with Gasteiger partial charge in [-0.25, -0.2) is 8.42 Å². The largest absolute Gasteiger partial charge is 0.453 e. The molecule has 0 aromatic heterocycles. The maximum atomic E-state index is 12.3. The van der Waals surface area contributed by atoms with Crippen LogP contribution in [0.25, 0.3) is 0 Å². The van der Waals surface area contributed by atoms with E-state index >= 15 is 0 Å². The van der Waals surface area contributed by atoms with Crippen molar-refractivity contribution in [2.45, 2.75) is 31.8 Å². The van der Waals surface area contributed by atoms with Gasteiger partial charge in [0.05, 0.1) is 4.90 Å². The van der Waals surface area contributed by atoms with Crippen molar-refractivity contribution >= 4 is 33.4 Å². The fourth-order valence-corrected chi connectivity index (χ4v) is 3.37. The van der Waals surface area contributed by atoms with Crippen LogP contribution in [0.1, 0.15) is 29.8 Å². The van der Waals surface area contributed by atoms with Crippen molar-refractivity contribution < 1.29 is 27.5 Å². The number of hydrogen-bond acceptors (Lipinski definition) is 6. The van der Waals surface area contributed by atoms with E-state index in [1.54, 1.807) is 24.3 Å². The minimum Gasteiger partial charge on any atom is -0.453 e. The van der Waals surface area contributed by atoms with Crippen molar-refractivity contribution in [3.05, 3.63) is 59.7 Å². The summed E-state index contributed by atoms with van der Waals surface area (Å²) in [5.74, 6) is -1.54. The summed E-state index contributed by atoms with van der Waals surface area (Å²) in [6.07, 6.45) is -1.05. The van der Waals surface area contributed by atoms with Gasteiger partial charge in [-0.05, 0) is 38.1 Å². The van der Waals surface area contributed by atoms with Crippen molar-refractivity contribution in [3.63, 3.8) is 0 Å². The first-order valence-electron chi connectivity index (χ1n) is 8.76. The standard InChI is InChI=1S/C20H22N2O6S/c1-13-4-6-16(7-5-13)20(25)14(2)28-19(24)12-21-29(26,27)18-10-8-17(9-11-18)22-15(3)23/h4-11,14,21H,12H2,1-3H3,(H,22,23). The quantitative estimate of drug-likeness (QED) is 0.500. The first-order valence-corrected chi connectivity index (χ1v) is 10.2. The second-order valence-corrected chi connectivity index (χ2v) is 8.16. The summed E-state index contributed by atoms with van der Waals surface area (Å²) in [7, 11) is -3.96. The van der Waals surface area contributed by atoms with Crippen LogP contribution in [0.5, 0.6) is 0 Å². The predicted octanol–water partition coefficient (Wildman–Crippen LogP) is 2.05. The van der Waals surface area contributed by atoms with E-state index in [1.807, 2.05) is 6.92 Å². The molecule has 2 N–H and O–H groups in total. The highest BCUT2D eigenvalue weighted by atomic mass is 32.2. The van der Waals surface area contributed by atoms with Crippen molar-refractivity contribution in [1.29, 1.82) is 0 Å². The van der Waals surface area contributed by atoms with Gasteiger partial charge in [0.2, 0.25) is 21.7 Å². The van der Waals surface area contributed by atoms with Crippen molar-refractivity contribution in [3.8, 4) is 0 Å². The molecule has 154 valence electrons. The molecule has 8 nitrogen and oxygen atoms in total. The Bertz CT molecular complexity index is 998. The monoisotopic (exact) mass is 418 g/mol. The number of hydrogen-bond donors (Lipinski definition) is 2. The van der Waals surface area contributed by atoms with Crippen molar-refractivity contribution in [2.24, 2.45) is 0 Å². The molecule has 9 heteroatoms. The number of Topliss-reactive ketones (excluding diaryl/α,β-unsaturated/α-hetero) is 1. The highest BCUT2D eigenvalue weighted by Crippen LogP contribution is 2.14. The lowest BCUT2D eigenvalue weighted by Gasteiger charge is -2.13. The minimum absolute atomic E-state index is 0.0804. The third-order valence-electron chi connectivity index (χ3n) is 3.91. The molecular formula is C20H22N2O6S. The van der Waals surface area contributed by atoms with Gasteiger partial charge in [-0.2, -0.15) is 4.72 Å². The fraction of sp³-hybridized carbons (Fsp3) is 0.250. The van der Waals surface area contributed by atoms with Crippen LogP contribution < -0.4 is 10.0 Å². The number of sulfonamides is 1. The summed E-state index contributed by atoms with van der Waals surface area (Å²) in [5.41, 5.74) is 1.83. The highest BCUT2D eigenvalue weighted by molar-refractivity contribution is 7.89. The number of benzene rings is 2. The maximum Gasteiger partial charge on any atom is 0.321 e. The lowest BCUT2D eigenvalue weighted by molar-refractivity contribution is -0.144. The van der Waals surface area contributed by atoms with Crippen LogP contribution in [0.15, 0.2) is 53.4 Å². The topological polar surface area (TPSA) is 119 Å². The Morgan fingerprint density at radius 3 is 2.14 bits per heavy atom. The fourth-order valence-electron chi connectivity index (χ4n) is 2.40. The minimum atomic E-state index is -3.96. The first-order chi connectivity index (χ1) is 13.6. The Hall–Kier alpha value is -3.04. The second kappa shape index (κ2) is 9.44. The van der Waals surface area contributed by atoms with Crippen LogP contribution >= 0.6 is 0 Å². The molecule has 0 aliphatic rings. The lowest BCUT2D eigenvalue weighted by Crippen LogP contribution is -2.34. The SMILES string of the molecule is CC(=O)Nc1ccc(S(=O)(=O)NCC(=O)OC(C)C(=O)c2ccc(C)cc2)cc1. The molecule has 0 radical (unpaired) electrons. The summed E-state index contributed by atoms with van der Waals surface area (Å²) in [6.45, 7) is 4.02. The van der Waals surface area contributed by atoms with Gasteiger partial charge in [-0.3, -0.25) is 14.4 Å². The van der Waals surface area contributed by atoms with Crippen LogP contribution in [0.3, 0.4) is 0 Å². The van der Waals surface area contributed by atoms with E-state index in [0.29, 0.717) is 11.3 Å². The Balaban J connectivity index is 1.92. The van der Waals surface area contributed by atoms with Gasteiger partial charge >= 0.3 is 5.97 Å². The first kappa shape index (κ1) is 22.3.